The Morgan fingerprint density at radius 3 is 2.65 bits per heavy atom. The van der Waals surface area contributed by atoms with Crippen molar-refractivity contribution in [2.24, 2.45) is 0 Å². The van der Waals surface area contributed by atoms with E-state index in [0.717, 1.165) is 29.2 Å². The van der Waals surface area contributed by atoms with Crippen LogP contribution in [0, 0.1) is 6.92 Å². The Balaban J connectivity index is 1.82. The number of nitrogens with zero attached hydrogens (tertiary/aromatic N) is 1. The van der Waals surface area contributed by atoms with E-state index in [9.17, 15) is 9.90 Å². The Hall–Kier alpha value is -1.84. The van der Waals surface area contributed by atoms with Gasteiger partial charge in [-0.1, -0.05) is 48.0 Å². The highest BCUT2D eigenvalue weighted by Gasteiger charge is 2.46. The molecule has 3 rings (SSSR count). The van der Waals surface area contributed by atoms with Crippen LogP contribution in [0.1, 0.15) is 23.1 Å². The van der Waals surface area contributed by atoms with Gasteiger partial charge in [-0.25, -0.2) is 0 Å². The summed E-state index contributed by atoms with van der Waals surface area (Å²) in [6, 6.07) is 15.5. The van der Waals surface area contributed by atoms with Crippen molar-refractivity contribution in [2.45, 2.75) is 25.3 Å². The maximum atomic E-state index is 12.0. The first kappa shape index (κ1) is 16.0. The summed E-state index contributed by atoms with van der Waals surface area (Å²) in [7, 11) is 0. The lowest BCUT2D eigenvalue weighted by Gasteiger charge is -2.25. The number of carbonyl (C=O) groups is 1. The number of hydrogen-bond acceptors (Lipinski definition) is 2. The number of aliphatic carboxylic acids is 1. The highest BCUT2D eigenvalue weighted by molar-refractivity contribution is 6.30. The molecular weight excluding hydrogens is 310 g/mol. The molecule has 23 heavy (non-hydrogen) atoms. The van der Waals surface area contributed by atoms with E-state index >= 15 is 0 Å². The molecule has 120 valence electrons. The van der Waals surface area contributed by atoms with E-state index in [0.29, 0.717) is 13.0 Å². The highest BCUT2D eigenvalue weighted by atomic mass is 35.5. The van der Waals surface area contributed by atoms with E-state index in [1.807, 2.05) is 55.5 Å². The van der Waals surface area contributed by atoms with Crippen molar-refractivity contribution in [3.8, 4) is 0 Å². The Kier molecular flexibility index (Phi) is 4.42. The fourth-order valence-electron chi connectivity index (χ4n) is 3.39. The van der Waals surface area contributed by atoms with Crippen LogP contribution in [0.25, 0.3) is 0 Å². The summed E-state index contributed by atoms with van der Waals surface area (Å²) in [5.74, 6) is -0.737. The van der Waals surface area contributed by atoms with Gasteiger partial charge in [0.1, 0.15) is 5.41 Å². The number of hydrogen-bond donors (Lipinski definition) is 1. The predicted molar refractivity (Wildman–Crippen MR) is 91.8 cm³/mol. The van der Waals surface area contributed by atoms with E-state index in [4.69, 9.17) is 11.6 Å². The minimum absolute atomic E-state index is 0.536. The normalized spacial score (nSPS) is 21.5. The molecule has 1 fully saturated rings. The third-order valence-corrected chi connectivity index (χ3v) is 5.02. The van der Waals surface area contributed by atoms with Gasteiger partial charge >= 0.3 is 5.97 Å². The second-order valence-corrected chi connectivity index (χ2v) is 6.72. The van der Waals surface area contributed by atoms with Crippen molar-refractivity contribution in [2.75, 3.05) is 13.1 Å². The van der Waals surface area contributed by atoms with E-state index in [1.165, 1.54) is 5.56 Å². The Bertz CT molecular complexity index is 717. The number of rotatable bonds is 4. The zero-order valence-electron chi connectivity index (χ0n) is 13.1. The van der Waals surface area contributed by atoms with E-state index in [1.54, 1.807) is 0 Å². The number of likely N-dealkylation sites (tertiary alicyclic amines) is 1. The second kappa shape index (κ2) is 6.34. The first-order valence-electron chi connectivity index (χ1n) is 7.77. The molecule has 0 spiro atoms. The third-order valence-electron chi connectivity index (χ3n) is 4.78. The Labute approximate surface area is 141 Å². The van der Waals surface area contributed by atoms with Crippen LogP contribution in [-0.2, 0) is 16.8 Å². The minimum atomic E-state index is -0.804. The smallest absolute Gasteiger partial charge is 0.315 e. The number of carboxylic acid groups (broad SMARTS) is 1. The van der Waals surface area contributed by atoms with Gasteiger partial charge in [0.2, 0.25) is 0 Å². The largest absolute Gasteiger partial charge is 0.481 e. The molecule has 4 heteroatoms. The molecule has 0 bridgehead atoms. The Morgan fingerprint density at radius 1 is 1.26 bits per heavy atom. The van der Waals surface area contributed by atoms with Crippen LogP contribution >= 0.6 is 11.6 Å². The Morgan fingerprint density at radius 2 is 2.00 bits per heavy atom. The molecule has 1 atom stereocenters. The van der Waals surface area contributed by atoms with E-state index < -0.39 is 11.4 Å². The molecule has 3 nitrogen and oxygen atoms in total. The third kappa shape index (κ3) is 3.12. The molecule has 0 aliphatic carbocycles. The molecule has 0 radical (unpaired) electrons. The molecule has 0 aromatic heterocycles. The topological polar surface area (TPSA) is 40.5 Å². The van der Waals surface area contributed by atoms with Crippen LogP contribution in [0.3, 0.4) is 0 Å². The van der Waals surface area contributed by atoms with Gasteiger partial charge in [0.05, 0.1) is 0 Å². The van der Waals surface area contributed by atoms with E-state index in [-0.39, 0.29) is 0 Å². The van der Waals surface area contributed by atoms with Crippen molar-refractivity contribution < 1.29 is 9.90 Å². The quantitative estimate of drug-likeness (QED) is 0.925. The molecule has 1 heterocycles. The number of benzene rings is 2. The molecule has 1 aliphatic heterocycles. The second-order valence-electron chi connectivity index (χ2n) is 6.28. The molecule has 0 amide bonds. The lowest BCUT2D eigenvalue weighted by molar-refractivity contribution is -0.143. The summed E-state index contributed by atoms with van der Waals surface area (Å²) in [5, 5.41) is 10.6. The van der Waals surface area contributed by atoms with Crippen molar-refractivity contribution in [3.63, 3.8) is 0 Å². The van der Waals surface area contributed by atoms with Gasteiger partial charge < -0.3 is 5.11 Å². The molecule has 1 unspecified atom stereocenters. The molecule has 1 aliphatic rings. The first-order valence-corrected chi connectivity index (χ1v) is 8.15. The van der Waals surface area contributed by atoms with Crippen LogP contribution in [-0.4, -0.2) is 29.1 Å². The minimum Gasteiger partial charge on any atom is -0.481 e. The van der Waals surface area contributed by atoms with Crippen LogP contribution < -0.4 is 0 Å². The first-order chi connectivity index (χ1) is 11.0. The molecule has 0 saturated carbocycles. The van der Waals surface area contributed by atoms with Crippen LogP contribution in [0.5, 0.6) is 0 Å². The number of halogens is 1. The maximum absolute atomic E-state index is 12.0. The summed E-state index contributed by atoms with van der Waals surface area (Å²) < 4.78 is 0. The summed E-state index contributed by atoms with van der Waals surface area (Å²) >= 11 is 6.01. The zero-order chi connectivity index (χ0) is 16.4. The van der Waals surface area contributed by atoms with Crippen molar-refractivity contribution >= 4 is 17.6 Å². The van der Waals surface area contributed by atoms with Gasteiger partial charge in [0.15, 0.2) is 0 Å². The van der Waals surface area contributed by atoms with Gasteiger partial charge in [0.25, 0.3) is 0 Å². The summed E-state index contributed by atoms with van der Waals surface area (Å²) in [4.78, 5) is 14.2. The van der Waals surface area contributed by atoms with Crippen molar-refractivity contribution in [3.05, 3.63) is 70.2 Å². The van der Waals surface area contributed by atoms with Gasteiger partial charge in [-0.2, -0.15) is 0 Å². The van der Waals surface area contributed by atoms with Gasteiger partial charge in [-0.05, 0) is 42.2 Å². The molecule has 2 aromatic rings. The molecular formula is C19H20ClNO2. The lowest BCUT2D eigenvalue weighted by Crippen LogP contribution is -2.38. The van der Waals surface area contributed by atoms with Gasteiger partial charge in [0, 0.05) is 24.7 Å². The van der Waals surface area contributed by atoms with Crippen molar-refractivity contribution in [1.82, 2.24) is 4.90 Å². The van der Waals surface area contributed by atoms with Crippen LogP contribution in [0.4, 0.5) is 0 Å². The molecule has 1 N–H and O–H groups in total. The SMILES string of the molecule is Cc1cc(Cl)ccc1CN1CCC(C(=O)O)(c2ccccc2)C1. The standard InChI is InChI=1S/C19H20ClNO2/c1-14-11-17(20)8-7-15(14)12-21-10-9-19(13-21,18(22)23)16-5-3-2-4-6-16/h2-8,11H,9-10,12-13H2,1H3,(H,22,23). The van der Waals surface area contributed by atoms with E-state index in [2.05, 4.69) is 4.90 Å². The average molecular weight is 330 g/mol. The van der Waals surface area contributed by atoms with Gasteiger partial charge in [-0.3, -0.25) is 9.69 Å². The van der Waals surface area contributed by atoms with Crippen LogP contribution in [0.2, 0.25) is 5.02 Å². The van der Waals surface area contributed by atoms with Crippen molar-refractivity contribution in [1.29, 1.82) is 0 Å². The summed E-state index contributed by atoms with van der Waals surface area (Å²) in [6.45, 7) is 4.11. The average Bonchev–Trinajstić information content (AvgIpc) is 2.96. The van der Waals surface area contributed by atoms with Crippen LogP contribution in [0.15, 0.2) is 48.5 Å². The fraction of sp³-hybridized carbons (Fsp3) is 0.316. The zero-order valence-corrected chi connectivity index (χ0v) is 13.9. The number of carboxylic acids is 1. The lowest BCUT2D eigenvalue weighted by atomic mass is 9.80. The summed E-state index contributed by atoms with van der Waals surface area (Å²) in [6.07, 6.45) is 0.638. The molecule has 1 saturated heterocycles. The number of aryl methyl sites for hydroxylation is 1. The maximum Gasteiger partial charge on any atom is 0.315 e. The fourth-order valence-corrected chi connectivity index (χ4v) is 3.62. The summed E-state index contributed by atoms with van der Waals surface area (Å²) in [5.41, 5.74) is 2.43. The highest BCUT2D eigenvalue weighted by Crippen LogP contribution is 2.36. The van der Waals surface area contributed by atoms with Gasteiger partial charge in [-0.15, -0.1) is 0 Å². The monoisotopic (exact) mass is 329 g/mol. The predicted octanol–water partition coefficient (Wildman–Crippen LogP) is 3.88. The molecule has 2 aromatic carbocycles.